The molecule has 0 spiro atoms. The van der Waals surface area contributed by atoms with Crippen LogP contribution in [0.3, 0.4) is 0 Å². The topological polar surface area (TPSA) is 56.5 Å². The standard InChI is InChI=1S/C15H26N2O2/c1-12(13-6-4-8-15(10-13)19-3)17-14(11-18-2)7-5-9-16/h4,6,8,10,12,14,17H,5,7,9,11,16H2,1-3H3. The summed E-state index contributed by atoms with van der Waals surface area (Å²) in [6, 6.07) is 8.72. The molecule has 0 saturated carbocycles. The molecule has 108 valence electrons. The molecular formula is C15H26N2O2. The molecule has 1 rings (SSSR count). The van der Waals surface area contributed by atoms with Gasteiger partial charge >= 0.3 is 0 Å². The molecule has 2 unspecified atom stereocenters. The van der Waals surface area contributed by atoms with Crippen molar-refractivity contribution in [3.8, 4) is 5.75 Å². The van der Waals surface area contributed by atoms with Gasteiger partial charge in [0.2, 0.25) is 0 Å². The summed E-state index contributed by atoms with van der Waals surface area (Å²) in [5.41, 5.74) is 6.78. The van der Waals surface area contributed by atoms with Gasteiger partial charge in [-0.25, -0.2) is 0 Å². The predicted molar refractivity (Wildman–Crippen MR) is 78.5 cm³/mol. The second-order valence-electron chi connectivity index (χ2n) is 4.75. The van der Waals surface area contributed by atoms with Crippen molar-refractivity contribution in [3.05, 3.63) is 29.8 Å². The van der Waals surface area contributed by atoms with Crippen LogP contribution in [0.5, 0.6) is 5.75 Å². The molecule has 0 aliphatic heterocycles. The highest BCUT2D eigenvalue weighted by Crippen LogP contribution is 2.19. The fraction of sp³-hybridized carbons (Fsp3) is 0.600. The van der Waals surface area contributed by atoms with Crippen molar-refractivity contribution >= 4 is 0 Å². The number of methoxy groups -OCH3 is 2. The van der Waals surface area contributed by atoms with Crippen LogP contribution in [0.25, 0.3) is 0 Å². The second kappa shape index (κ2) is 8.91. The van der Waals surface area contributed by atoms with Crippen molar-refractivity contribution in [2.24, 2.45) is 5.73 Å². The fourth-order valence-electron chi connectivity index (χ4n) is 2.14. The van der Waals surface area contributed by atoms with Gasteiger partial charge in [-0.2, -0.15) is 0 Å². The number of nitrogens with one attached hydrogen (secondary N) is 1. The average molecular weight is 266 g/mol. The van der Waals surface area contributed by atoms with Crippen LogP contribution >= 0.6 is 0 Å². The van der Waals surface area contributed by atoms with E-state index >= 15 is 0 Å². The lowest BCUT2D eigenvalue weighted by atomic mass is 10.1. The molecule has 0 saturated heterocycles. The van der Waals surface area contributed by atoms with Crippen molar-refractivity contribution in [2.75, 3.05) is 27.4 Å². The Morgan fingerprint density at radius 2 is 2.11 bits per heavy atom. The number of hydrogen-bond acceptors (Lipinski definition) is 4. The molecule has 1 aromatic rings. The van der Waals surface area contributed by atoms with Crippen molar-refractivity contribution in [1.82, 2.24) is 5.32 Å². The molecule has 0 aliphatic rings. The summed E-state index contributed by atoms with van der Waals surface area (Å²) >= 11 is 0. The van der Waals surface area contributed by atoms with Gasteiger partial charge < -0.3 is 20.5 Å². The van der Waals surface area contributed by atoms with E-state index in [-0.39, 0.29) is 6.04 Å². The van der Waals surface area contributed by atoms with Crippen LogP contribution in [0.2, 0.25) is 0 Å². The monoisotopic (exact) mass is 266 g/mol. The number of rotatable bonds is 9. The normalized spacial score (nSPS) is 14.1. The van der Waals surface area contributed by atoms with Gasteiger partial charge in [-0.15, -0.1) is 0 Å². The summed E-state index contributed by atoms with van der Waals surface area (Å²) in [4.78, 5) is 0. The summed E-state index contributed by atoms with van der Waals surface area (Å²) in [5.74, 6) is 0.886. The number of hydrogen-bond donors (Lipinski definition) is 2. The molecule has 0 aromatic heterocycles. The van der Waals surface area contributed by atoms with Gasteiger partial charge in [0.05, 0.1) is 13.7 Å². The lowest BCUT2D eigenvalue weighted by Gasteiger charge is -2.23. The minimum absolute atomic E-state index is 0.257. The molecule has 2 atom stereocenters. The van der Waals surface area contributed by atoms with Gasteiger partial charge in [-0.1, -0.05) is 12.1 Å². The Bertz CT molecular complexity index is 358. The highest BCUT2D eigenvalue weighted by Gasteiger charge is 2.13. The summed E-state index contributed by atoms with van der Waals surface area (Å²) in [6.07, 6.45) is 2.03. The maximum Gasteiger partial charge on any atom is 0.119 e. The van der Waals surface area contributed by atoms with E-state index in [4.69, 9.17) is 15.2 Å². The molecule has 3 N–H and O–H groups in total. The molecular weight excluding hydrogens is 240 g/mol. The largest absolute Gasteiger partial charge is 0.497 e. The minimum atomic E-state index is 0.257. The highest BCUT2D eigenvalue weighted by molar-refractivity contribution is 5.30. The molecule has 19 heavy (non-hydrogen) atoms. The van der Waals surface area contributed by atoms with Crippen LogP contribution in [-0.4, -0.2) is 33.4 Å². The van der Waals surface area contributed by atoms with E-state index in [0.717, 1.165) is 25.1 Å². The van der Waals surface area contributed by atoms with Gasteiger partial charge in [-0.05, 0) is 44.0 Å². The first kappa shape index (κ1) is 16.0. The van der Waals surface area contributed by atoms with Gasteiger partial charge in [0.1, 0.15) is 5.75 Å². The maximum atomic E-state index is 5.57. The van der Waals surface area contributed by atoms with Gasteiger partial charge in [0.25, 0.3) is 0 Å². The first-order chi connectivity index (χ1) is 9.21. The van der Waals surface area contributed by atoms with Crippen molar-refractivity contribution in [2.45, 2.75) is 31.8 Å². The molecule has 4 heteroatoms. The van der Waals surface area contributed by atoms with Crippen molar-refractivity contribution in [3.63, 3.8) is 0 Å². The Labute approximate surface area is 116 Å². The van der Waals surface area contributed by atoms with Crippen LogP contribution in [-0.2, 0) is 4.74 Å². The zero-order valence-electron chi connectivity index (χ0n) is 12.2. The summed E-state index contributed by atoms with van der Waals surface area (Å²) in [7, 11) is 3.42. The number of ether oxygens (including phenoxy) is 2. The molecule has 1 aromatic carbocycles. The minimum Gasteiger partial charge on any atom is -0.497 e. The van der Waals surface area contributed by atoms with E-state index in [9.17, 15) is 0 Å². The third kappa shape index (κ3) is 5.59. The van der Waals surface area contributed by atoms with Gasteiger partial charge in [-0.3, -0.25) is 0 Å². The van der Waals surface area contributed by atoms with Crippen LogP contribution in [0.1, 0.15) is 31.4 Å². The molecule has 0 amide bonds. The Morgan fingerprint density at radius 1 is 1.32 bits per heavy atom. The van der Waals surface area contributed by atoms with E-state index in [1.54, 1.807) is 14.2 Å². The van der Waals surface area contributed by atoms with Crippen molar-refractivity contribution < 1.29 is 9.47 Å². The number of benzene rings is 1. The number of nitrogens with two attached hydrogens (primary N) is 1. The Hall–Kier alpha value is -1.10. The molecule has 4 nitrogen and oxygen atoms in total. The highest BCUT2D eigenvalue weighted by atomic mass is 16.5. The van der Waals surface area contributed by atoms with E-state index in [0.29, 0.717) is 12.6 Å². The van der Waals surface area contributed by atoms with E-state index < -0.39 is 0 Å². The average Bonchev–Trinajstić information content (AvgIpc) is 2.45. The molecule has 0 radical (unpaired) electrons. The Kier molecular flexibility index (Phi) is 7.48. The summed E-state index contributed by atoms with van der Waals surface area (Å²) < 4.78 is 10.5. The lowest BCUT2D eigenvalue weighted by molar-refractivity contribution is 0.156. The van der Waals surface area contributed by atoms with E-state index in [1.165, 1.54) is 5.56 Å². The summed E-state index contributed by atoms with van der Waals surface area (Å²) in [6.45, 7) is 3.57. The zero-order chi connectivity index (χ0) is 14.1. The Balaban J connectivity index is 2.61. The zero-order valence-corrected chi connectivity index (χ0v) is 12.2. The first-order valence-electron chi connectivity index (χ1n) is 6.80. The molecule has 0 bridgehead atoms. The molecule has 0 fully saturated rings. The van der Waals surface area contributed by atoms with Crippen LogP contribution < -0.4 is 15.8 Å². The lowest BCUT2D eigenvalue weighted by Crippen LogP contribution is -2.35. The third-order valence-corrected chi connectivity index (χ3v) is 3.20. The third-order valence-electron chi connectivity index (χ3n) is 3.20. The van der Waals surface area contributed by atoms with Gasteiger partial charge in [0.15, 0.2) is 0 Å². The Morgan fingerprint density at radius 3 is 2.74 bits per heavy atom. The maximum absolute atomic E-state index is 5.57. The second-order valence-corrected chi connectivity index (χ2v) is 4.75. The van der Waals surface area contributed by atoms with Crippen LogP contribution in [0.4, 0.5) is 0 Å². The van der Waals surface area contributed by atoms with E-state index in [2.05, 4.69) is 24.4 Å². The predicted octanol–water partition coefficient (Wildman–Crippen LogP) is 2.10. The molecule has 0 aliphatic carbocycles. The van der Waals surface area contributed by atoms with Crippen LogP contribution in [0, 0.1) is 0 Å². The quantitative estimate of drug-likeness (QED) is 0.718. The first-order valence-corrected chi connectivity index (χ1v) is 6.80. The van der Waals surface area contributed by atoms with Crippen LogP contribution in [0.15, 0.2) is 24.3 Å². The molecule has 0 heterocycles. The SMILES string of the molecule is COCC(CCCN)NC(C)c1cccc(OC)c1. The smallest absolute Gasteiger partial charge is 0.119 e. The van der Waals surface area contributed by atoms with E-state index in [1.807, 2.05) is 12.1 Å². The van der Waals surface area contributed by atoms with Crippen molar-refractivity contribution in [1.29, 1.82) is 0 Å². The fourth-order valence-corrected chi connectivity index (χ4v) is 2.14. The van der Waals surface area contributed by atoms with Gasteiger partial charge in [0, 0.05) is 19.2 Å². The summed E-state index contributed by atoms with van der Waals surface area (Å²) in [5, 5.41) is 3.58.